The summed E-state index contributed by atoms with van der Waals surface area (Å²) in [5.41, 5.74) is 1.07. The second-order valence-electron chi connectivity index (χ2n) is 6.11. The van der Waals surface area contributed by atoms with E-state index in [0.717, 1.165) is 10.5 Å². The van der Waals surface area contributed by atoms with E-state index in [4.69, 9.17) is 9.47 Å². The van der Waals surface area contributed by atoms with E-state index < -0.39 is 15.8 Å². The van der Waals surface area contributed by atoms with Gasteiger partial charge in [-0.3, -0.25) is 4.31 Å². The van der Waals surface area contributed by atoms with Crippen LogP contribution in [0.25, 0.3) is 0 Å². The molecular weight excluding hydrogens is 461 g/mol. The minimum Gasteiger partial charge on any atom is -0.493 e. The van der Waals surface area contributed by atoms with Crippen LogP contribution in [0.5, 0.6) is 11.5 Å². The highest BCUT2D eigenvalue weighted by molar-refractivity contribution is 9.10. The van der Waals surface area contributed by atoms with E-state index in [1.807, 2.05) is 0 Å². The molecule has 0 atom stereocenters. The van der Waals surface area contributed by atoms with Gasteiger partial charge < -0.3 is 9.47 Å². The number of benzene rings is 3. The lowest BCUT2D eigenvalue weighted by molar-refractivity contribution is 0.354. The second-order valence-corrected chi connectivity index (χ2v) is 8.85. The zero-order chi connectivity index (χ0) is 21.0. The van der Waals surface area contributed by atoms with Gasteiger partial charge in [-0.25, -0.2) is 12.8 Å². The highest BCUT2D eigenvalue weighted by Crippen LogP contribution is 2.32. The van der Waals surface area contributed by atoms with Crippen molar-refractivity contribution in [1.82, 2.24) is 0 Å². The summed E-state index contributed by atoms with van der Waals surface area (Å²) in [6.45, 7) is -0.0152. The number of hydrogen-bond acceptors (Lipinski definition) is 4. The maximum absolute atomic E-state index is 14.3. The first-order valence-corrected chi connectivity index (χ1v) is 10.8. The van der Waals surface area contributed by atoms with Gasteiger partial charge in [-0.05, 0) is 54.1 Å². The molecule has 0 saturated heterocycles. The summed E-state index contributed by atoms with van der Waals surface area (Å²) in [6, 6.07) is 17.2. The summed E-state index contributed by atoms with van der Waals surface area (Å²) < 4.78 is 53.5. The maximum atomic E-state index is 14.3. The Morgan fingerprint density at radius 2 is 1.59 bits per heavy atom. The average molecular weight is 480 g/mol. The molecule has 0 spiro atoms. The van der Waals surface area contributed by atoms with Crippen molar-refractivity contribution < 1.29 is 22.3 Å². The zero-order valence-electron chi connectivity index (χ0n) is 15.8. The molecule has 0 aromatic heterocycles. The summed E-state index contributed by atoms with van der Waals surface area (Å²) in [5, 5.41) is 0. The van der Waals surface area contributed by atoms with Gasteiger partial charge in [0.1, 0.15) is 10.7 Å². The quantitative estimate of drug-likeness (QED) is 0.478. The topological polar surface area (TPSA) is 55.8 Å². The van der Waals surface area contributed by atoms with Gasteiger partial charge in [0.2, 0.25) is 0 Å². The lowest BCUT2D eigenvalue weighted by Gasteiger charge is -2.25. The minimum absolute atomic E-state index is 0.0152. The first-order valence-electron chi connectivity index (χ1n) is 8.60. The van der Waals surface area contributed by atoms with Gasteiger partial charge in [0.05, 0.1) is 26.5 Å². The number of nitrogens with zero attached hydrogens (tertiary/aromatic N) is 1. The van der Waals surface area contributed by atoms with E-state index in [9.17, 15) is 12.8 Å². The predicted octanol–water partition coefficient (Wildman–Crippen LogP) is 5.00. The van der Waals surface area contributed by atoms with Gasteiger partial charge in [0, 0.05) is 4.47 Å². The first kappa shape index (κ1) is 21.1. The normalized spacial score (nSPS) is 11.2. The standard InChI is InChI=1S/C21H19BrFNO4S/c1-27-19-12-7-15(13-20(19)28-2)14-24(17-10-8-16(22)9-11-17)29(25,26)21-6-4-3-5-18(21)23/h3-13H,14H2,1-2H3. The van der Waals surface area contributed by atoms with E-state index in [2.05, 4.69) is 15.9 Å². The van der Waals surface area contributed by atoms with E-state index in [1.54, 1.807) is 42.5 Å². The Hall–Kier alpha value is -2.58. The fourth-order valence-electron chi connectivity index (χ4n) is 2.84. The number of rotatable bonds is 7. The summed E-state index contributed by atoms with van der Waals surface area (Å²) >= 11 is 3.34. The Morgan fingerprint density at radius 1 is 0.931 bits per heavy atom. The van der Waals surface area contributed by atoms with Gasteiger partial charge in [-0.1, -0.05) is 34.1 Å². The molecule has 3 aromatic carbocycles. The summed E-state index contributed by atoms with van der Waals surface area (Å²) in [7, 11) is -1.13. The number of sulfonamides is 1. The van der Waals surface area contributed by atoms with Crippen molar-refractivity contribution in [2.24, 2.45) is 0 Å². The summed E-state index contributed by atoms with van der Waals surface area (Å²) in [6.07, 6.45) is 0. The third-order valence-corrected chi connectivity index (χ3v) is 6.63. The average Bonchev–Trinajstić information content (AvgIpc) is 2.72. The van der Waals surface area contributed by atoms with E-state index in [-0.39, 0.29) is 11.4 Å². The lowest BCUT2D eigenvalue weighted by Crippen LogP contribution is -2.31. The molecule has 0 fully saturated rings. The molecule has 3 aromatic rings. The molecule has 29 heavy (non-hydrogen) atoms. The Balaban J connectivity index is 2.09. The van der Waals surface area contributed by atoms with E-state index >= 15 is 0 Å². The predicted molar refractivity (Wildman–Crippen MR) is 113 cm³/mol. The van der Waals surface area contributed by atoms with Gasteiger partial charge in [-0.15, -0.1) is 0 Å². The van der Waals surface area contributed by atoms with Crippen LogP contribution in [-0.4, -0.2) is 22.6 Å². The molecule has 0 bridgehead atoms. The zero-order valence-corrected chi connectivity index (χ0v) is 18.2. The highest BCUT2D eigenvalue weighted by Gasteiger charge is 2.28. The van der Waals surface area contributed by atoms with Crippen molar-refractivity contribution in [3.8, 4) is 11.5 Å². The van der Waals surface area contributed by atoms with Crippen molar-refractivity contribution in [2.75, 3.05) is 18.5 Å². The van der Waals surface area contributed by atoms with Gasteiger partial charge >= 0.3 is 0 Å². The molecule has 0 N–H and O–H groups in total. The molecule has 3 rings (SSSR count). The molecule has 0 aliphatic carbocycles. The van der Waals surface area contributed by atoms with Crippen LogP contribution in [0.2, 0.25) is 0 Å². The molecule has 152 valence electrons. The Labute approximate surface area is 177 Å². The smallest absolute Gasteiger partial charge is 0.267 e. The summed E-state index contributed by atoms with van der Waals surface area (Å²) in [4.78, 5) is -0.386. The van der Waals surface area contributed by atoms with Crippen molar-refractivity contribution in [2.45, 2.75) is 11.4 Å². The van der Waals surface area contributed by atoms with Crippen LogP contribution < -0.4 is 13.8 Å². The fraction of sp³-hybridized carbons (Fsp3) is 0.143. The third-order valence-electron chi connectivity index (χ3n) is 4.29. The SMILES string of the molecule is COc1ccc(CN(c2ccc(Br)cc2)S(=O)(=O)c2ccccc2F)cc1OC. The van der Waals surface area contributed by atoms with Crippen LogP contribution in [0.1, 0.15) is 5.56 Å². The Kier molecular flexibility index (Phi) is 6.44. The van der Waals surface area contributed by atoms with E-state index in [0.29, 0.717) is 22.7 Å². The van der Waals surface area contributed by atoms with Crippen molar-refractivity contribution in [1.29, 1.82) is 0 Å². The van der Waals surface area contributed by atoms with Gasteiger partial charge in [-0.2, -0.15) is 0 Å². The number of halogens is 2. The molecule has 0 radical (unpaired) electrons. The molecular formula is C21H19BrFNO4S. The van der Waals surface area contributed by atoms with Crippen LogP contribution >= 0.6 is 15.9 Å². The van der Waals surface area contributed by atoms with Crippen LogP contribution in [0.3, 0.4) is 0 Å². The van der Waals surface area contributed by atoms with Crippen molar-refractivity contribution >= 4 is 31.6 Å². The molecule has 5 nitrogen and oxygen atoms in total. The van der Waals surface area contributed by atoms with Crippen molar-refractivity contribution in [3.05, 3.63) is 82.6 Å². The van der Waals surface area contributed by atoms with Crippen molar-refractivity contribution in [3.63, 3.8) is 0 Å². The lowest BCUT2D eigenvalue weighted by atomic mass is 10.2. The van der Waals surface area contributed by atoms with Crippen LogP contribution in [0.4, 0.5) is 10.1 Å². The van der Waals surface area contributed by atoms with Crippen LogP contribution in [0, 0.1) is 5.82 Å². The van der Waals surface area contributed by atoms with Crippen LogP contribution in [0.15, 0.2) is 76.1 Å². The molecule has 0 amide bonds. The Morgan fingerprint density at radius 3 is 2.21 bits per heavy atom. The number of hydrogen-bond donors (Lipinski definition) is 0. The largest absolute Gasteiger partial charge is 0.493 e. The number of methoxy groups -OCH3 is 2. The monoisotopic (exact) mass is 479 g/mol. The third kappa shape index (κ3) is 4.54. The Bertz CT molecular complexity index is 1100. The number of ether oxygens (including phenoxy) is 2. The van der Waals surface area contributed by atoms with Crippen LogP contribution in [-0.2, 0) is 16.6 Å². The molecule has 0 heterocycles. The second kappa shape index (κ2) is 8.84. The van der Waals surface area contributed by atoms with Gasteiger partial charge in [0.15, 0.2) is 11.5 Å². The number of anilines is 1. The first-order chi connectivity index (χ1) is 13.9. The molecule has 8 heteroatoms. The molecule has 0 aliphatic rings. The maximum Gasteiger partial charge on any atom is 0.267 e. The molecule has 0 saturated carbocycles. The van der Waals surface area contributed by atoms with E-state index in [1.165, 1.54) is 36.7 Å². The molecule has 0 unspecified atom stereocenters. The summed E-state index contributed by atoms with van der Waals surface area (Å²) in [5.74, 6) is 0.203. The van der Waals surface area contributed by atoms with Gasteiger partial charge in [0.25, 0.3) is 10.0 Å². The molecule has 0 aliphatic heterocycles. The minimum atomic E-state index is -4.16. The highest BCUT2D eigenvalue weighted by atomic mass is 79.9. The fourth-order valence-corrected chi connectivity index (χ4v) is 4.62.